The molecule has 0 atom stereocenters. The number of aromatic nitrogens is 2. The van der Waals surface area contributed by atoms with Gasteiger partial charge in [0.05, 0.1) is 24.9 Å². The summed E-state index contributed by atoms with van der Waals surface area (Å²) in [4.78, 5) is 4.82. The summed E-state index contributed by atoms with van der Waals surface area (Å²) in [6, 6.07) is 29.9. The molecule has 0 radical (unpaired) electrons. The molecule has 0 aliphatic rings. The van der Waals surface area contributed by atoms with Crippen LogP contribution < -0.4 is 9.47 Å². The van der Waals surface area contributed by atoms with Crippen molar-refractivity contribution >= 4 is 45.4 Å². The monoisotopic (exact) mass is 596 g/mol. The molecule has 0 fully saturated rings. The molecule has 0 saturated carbocycles. The molecule has 0 aliphatic carbocycles. The molecule has 0 bridgehead atoms. The molecule has 208 valence electrons. The van der Waals surface area contributed by atoms with E-state index in [4.69, 9.17) is 18.2 Å². The molecule has 41 heavy (non-hydrogen) atoms. The fourth-order valence-corrected chi connectivity index (χ4v) is 7.15. The van der Waals surface area contributed by atoms with E-state index in [0.29, 0.717) is 11.8 Å². The van der Waals surface area contributed by atoms with Gasteiger partial charge in [0.15, 0.2) is 0 Å². The molecular weight excluding hydrogens is 565 g/mol. The lowest BCUT2D eigenvalue weighted by molar-refractivity contribution is 0.271. The van der Waals surface area contributed by atoms with Crippen LogP contribution in [-0.4, -0.2) is 22.0 Å². The van der Waals surface area contributed by atoms with Crippen molar-refractivity contribution in [2.75, 3.05) is 13.2 Å². The number of hydrogen-bond donors (Lipinski definition) is 0. The average molecular weight is 597 g/mol. The zero-order valence-electron chi connectivity index (χ0n) is 23.6. The summed E-state index contributed by atoms with van der Waals surface area (Å²) in [5.74, 6) is 2.84. The van der Waals surface area contributed by atoms with E-state index in [-0.39, 0.29) is 0 Å². The number of fused-ring (bicyclic) bond motifs is 1. The van der Waals surface area contributed by atoms with Gasteiger partial charge in [0.1, 0.15) is 22.5 Å². The lowest BCUT2D eigenvalue weighted by Gasteiger charge is -2.08. The van der Waals surface area contributed by atoms with Crippen LogP contribution in [0.15, 0.2) is 84.9 Å². The van der Waals surface area contributed by atoms with E-state index >= 15 is 0 Å². The molecule has 0 saturated heterocycles. The highest BCUT2D eigenvalue weighted by Gasteiger charge is 2.17. The number of ether oxygens (including phenoxy) is 2. The Morgan fingerprint density at radius 2 is 0.902 bits per heavy atom. The first-order chi connectivity index (χ1) is 19.9. The van der Waals surface area contributed by atoms with Gasteiger partial charge in [0.2, 0.25) is 0 Å². The summed E-state index contributed by atoms with van der Waals surface area (Å²) < 4.78 is 21.2. The van der Waals surface area contributed by atoms with Crippen molar-refractivity contribution in [2.24, 2.45) is 11.8 Å². The van der Waals surface area contributed by atoms with Gasteiger partial charge >= 0.3 is 0 Å². The largest absolute Gasteiger partial charge is 0.493 e. The smallest absolute Gasteiger partial charge is 0.119 e. The third-order valence-corrected chi connectivity index (χ3v) is 9.47. The number of thiophene rings is 2. The Morgan fingerprint density at radius 3 is 1.29 bits per heavy atom. The summed E-state index contributed by atoms with van der Waals surface area (Å²) in [6.45, 7) is 10.1. The fourth-order valence-electron chi connectivity index (χ4n) is 4.50. The van der Waals surface area contributed by atoms with Gasteiger partial charge in [-0.2, -0.15) is 8.75 Å². The lowest BCUT2D eigenvalue weighted by atomic mass is 10.1. The van der Waals surface area contributed by atoms with Crippen molar-refractivity contribution < 1.29 is 9.47 Å². The van der Waals surface area contributed by atoms with Crippen LogP contribution in [0, 0.1) is 11.8 Å². The van der Waals surface area contributed by atoms with Gasteiger partial charge < -0.3 is 9.47 Å². The summed E-state index contributed by atoms with van der Waals surface area (Å²) >= 11 is 4.83. The van der Waals surface area contributed by atoms with Crippen molar-refractivity contribution in [2.45, 2.75) is 27.7 Å². The number of hydrogen-bond acceptors (Lipinski definition) is 7. The molecule has 0 spiro atoms. The standard InChI is InChI=1S/C34H32N2O2S3/c1-21(2)19-37-25-9-5-23(6-10-25)29-15-17-31(39-29)27-13-14-28(34-33(27)35-41-36-34)32-18-16-30(40-32)24-7-11-26(12-8-24)38-20-22(3)4/h5-18,21-22H,19-20H2,1-4H3. The lowest BCUT2D eigenvalue weighted by Crippen LogP contribution is -2.04. The maximum atomic E-state index is 5.85. The first-order valence-corrected chi connectivity index (χ1v) is 16.2. The van der Waals surface area contributed by atoms with Gasteiger partial charge in [0, 0.05) is 30.6 Å². The van der Waals surface area contributed by atoms with Crippen LogP contribution in [0.3, 0.4) is 0 Å². The molecule has 6 rings (SSSR count). The summed E-state index contributed by atoms with van der Waals surface area (Å²) in [5, 5.41) is 0. The number of nitrogens with zero attached hydrogens (tertiary/aromatic N) is 2. The van der Waals surface area contributed by atoms with Crippen molar-refractivity contribution in [3.63, 3.8) is 0 Å². The maximum absolute atomic E-state index is 5.85. The minimum Gasteiger partial charge on any atom is -0.493 e. The first kappa shape index (κ1) is 27.6. The van der Waals surface area contributed by atoms with E-state index in [2.05, 4.69) is 113 Å². The predicted molar refractivity (Wildman–Crippen MR) is 176 cm³/mol. The Morgan fingerprint density at radius 1 is 0.512 bits per heavy atom. The molecule has 3 aromatic carbocycles. The van der Waals surface area contributed by atoms with Crippen LogP contribution in [0.1, 0.15) is 27.7 Å². The molecule has 0 N–H and O–H groups in total. The van der Waals surface area contributed by atoms with E-state index < -0.39 is 0 Å². The van der Waals surface area contributed by atoms with Gasteiger partial charge in [-0.05, 0) is 95.8 Å². The summed E-state index contributed by atoms with van der Waals surface area (Å²) in [5.41, 5.74) is 6.54. The van der Waals surface area contributed by atoms with E-state index in [1.165, 1.54) is 42.4 Å². The SMILES string of the molecule is CC(C)COc1ccc(-c2ccc(-c3ccc(-c4ccc(-c5ccc(OCC(C)C)cc5)s4)c4nsnc34)s2)cc1. The third-order valence-electron chi connectivity index (χ3n) is 6.60. The Bertz CT molecular complexity index is 1620. The third kappa shape index (κ3) is 6.22. The highest BCUT2D eigenvalue weighted by atomic mass is 32.1. The Balaban J connectivity index is 1.23. The highest BCUT2D eigenvalue weighted by molar-refractivity contribution is 7.19. The highest BCUT2D eigenvalue weighted by Crippen LogP contribution is 2.42. The van der Waals surface area contributed by atoms with Crippen LogP contribution >= 0.6 is 34.4 Å². The summed E-state index contributed by atoms with van der Waals surface area (Å²) in [7, 11) is 0. The van der Waals surface area contributed by atoms with Crippen molar-refractivity contribution in [1.29, 1.82) is 0 Å². The summed E-state index contributed by atoms with van der Waals surface area (Å²) in [6.07, 6.45) is 0. The molecule has 0 aliphatic heterocycles. The minimum absolute atomic E-state index is 0.507. The fraction of sp³-hybridized carbons (Fsp3) is 0.235. The molecule has 7 heteroatoms. The molecule has 3 aromatic heterocycles. The van der Waals surface area contributed by atoms with E-state index in [1.807, 2.05) is 0 Å². The molecule has 0 amide bonds. The maximum Gasteiger partial charge on any atom is 0.119 e. The van der Waals surface area contributed by atoms with Crippen molar-refractivity contribution in [3.8, 4) is 53.3 Å². The molecule has 0 unspecified atom stereocenters. The molecule has 6 aromatic rings. The van der Waals surface area contributed by atoms with Crippen molar-refractivity contribution in [1.82, 2.24) is 8.75 Å². The second-order valence-corrected chi connectivity index (χ2v) is 13.6. The predicted octanol–water partition coefficient (Wildman–Crippen LogP) is 10.6. The topological polar surface area (TPSA) is 44.2 Å². The van der Waals surface area contributed by atoms with E-state index in [9.17, 15) is 0 Å². The molecular formula is C34H32N2O2S3. The zero-order chi connectivity index (χ0) is 28.3. The second-order valence-electron chi connectivity index (χ2n) is 10.9. The van der Waals surface area contributed by atoms with E-state index in [0.717, 1.165) is 46.9 Å². The second kappa shape index (κ2) is 12.1. The molecule has 4 nitrogen and oxygen atoms in total. The average Bonchev–Trinajstić information content (AvgIpc) is 3.76. The van der Waals surface area contributed by atoms with Crippen LogP contribution in [-0.2, 0) is 0 Å². The van der Waals surface area contributed by atoms with Crippen LogP contribution in [0.2, 0.25) is 0 Å². The zero-order valence-corrected chi connectivity index (χ0v) is 26.0. The normalized spacial score (nSPS) is 11.6. The Labute approximate surface area is 253 Å². The number of benzene rings is 3. The van der Waals surface area contributed by atoms with Gasteiger partial charge in [-0.1, -0.05) is 39.8 Å². The molecule has 3 heterocycles. The minimum atomic E-state index is 0.507. The Hall–Kier alpha value is -3.52. The number of rotatable bonds is 10. The van der Waals surface area contributed by atoms with Gasteiger partial charge in [0.25, 0.3) is 0 Å². The van der Waals surface area contributed by atoms with Crippen LogP contribution in [0.5, 0.6) is 11.5 Å². The van der Waals surface area contributed by atoms with Gasteiger partial charge in [-0.25, -0.2) is 0 Å². The first-order valence-electron chi connectivity index (χ1n) is 13.9. The quantitative estimate of drug-likeness (QED) is 0.158. The van der Waals surface area contributed by atoms with Crippen molar-refractivity contribution in [3.05, 3.63) is 84.9 Å². The van der Waals surface area contributed by atoms with Crippen LogP contribution in [0.4, 0.5) is 0 Å². The van der Waals surface area contributed by atoms with Gasteiger partial charge in [-0.3, -0.25) is 0 Å². The van der Waals surface area contributed by atoms with Crippen LogP contribution in [0.25, 0.3) is 52.8 Å². The van der Waals surface area contributed by atoms with Gasteiger partial charge in [-0.15, -0.1) is 22.7 Å². The van der Waals surface area contributed by atoms with E-state index in [1.54, 1.807) is 22.7 Å². The Kier molecular flexibility index (Phi) is 8.19.